The summed E-state index contributed by atoms with van der Waals surface area (Å²) < 4.78 is 0. The molecule has 0 bridgehead atoms. The molecule has 5 N–H and O–H groups in total. The van der Waals surface area contributed by atoms with Gasteiger partial charge in [-0.3, -0.25) is 0 Å². The van der Waals surface area contributed by atoms with Crippen LogP contribution < -0.4 is 0 Å². The molecule has 0 radical (unpaired) electrons. The maximum Gasteiger partial charge on any atom is 0.332 e. The summed E-state index contributed by atoms with van der Waals surface area (Å²) in [6, 6.07) is 0. The fourth-order valence-corrected chi connectivity index (χ4v) is 2.03. The molecular formula is C14H30O5. The van der Waals surface area contributed by atoms with Gasteiger partial charge < -0.3 is 25.5 Å². The van der Waals surface area contributed by atoms with Gasteiger partial charge in [-0.15, -0.1) is 0 Å². The van der Waals surface area contributed by atoms with E-state index in [9.17, 15) is 10.2 Å². The zero-order valence-corrected chi connectivity index (χ0v) is 12.0. The first-order valence-electron chi connectivity index (χ1n) is 7.43. The van der Waals surface area contributed by atoms with Crippen molar-refractivity contribution in [1.82, 2.24) is 0 Å². The molecule has 0 saturated carbocycles. The van der Waals surface area contributed by atoms with Gasteiger partial charge in [-0.25, -0.2) is 0 Å². The van der Waals surface area contributed by atoms with E-state index in [1.807, 2.05) is 0 Å². The first kappa shape index (κ1) is 18.8. The Morgan fingerprint density at radius 2 is 0.947 bits per heavy atom. The van der Waals surface area contributed by atoms with Crippen molar-refractivity contribution in [3.8, 4) is 0 Å². The monoisotopic (exact) mass is 278 g/mol. The van der Waals surface area contributed by atoms with E-state index < -0.39 is 11.8 Å². The summed E-state index contributed by atoms with van der Waals surface area (Å²) in [5, 5.41) is 44.5. The topological polar surface area (TPSA) is 101 Å². The molecule has 116 valence electrons. The van der Waals surface area contributed by atoms with E-state index in [1.165, 1.54) is 38.5 Å². The highest BCUT2D eigenvalue weighted by Gasteiger charge is 2.45. The van der Waals surface area contributed by atoms with Crippen molar-refractivity contribution in [3.63, 3.8) is 0 Å². The highest BCUT2D eigenvalue weighted by molar-refractivity contribution is 4.72. The molecule has 0 rings (SSSR count). The van der Waals surface area contributed by atoms with Gasteiger partial charge in [0.05, 0.1) is 0 Å². The average molecular weight is 278 g/mol. The van der Waals surface area contributed by atoms with E-state index in [4.69, 9.17) is 15.3 Å². The third kappa shape index (κ3) is 9.35. The first-order valence-corrected chi connectivity index (χ1v) is 7.43. The Morgan fingerprint density at radius 1 is 0.579 bits per heavy atom. The van der Waals surface area contributed by atoms with Gasteiger partial charge >= 0.3 is 5.97 Å². The summed E-state index contributed by atoms with van der Waals surface area (Å²) >= 11 is 0. The minimum Gasteiger partial charge on any atom is -0.359 e. The molecule has 0 aliphatic heterocycles. The highest BCUT2D eigenvalue weighted by atomic mass is 16.7. The summed E-state index contributed by atoms with van der Waals surface area (Å²) in [4.78, 5) is 0. The molecule has 0 aromatic carbocycles. The van der Waals surface area contributed by atoms with Crippen molar-refractivity contribution in [3.05, 3.63) is 0 Å². The Morgan fingerprint density at radius 3 is 1.32 bits per heavy atom. The minimum absolute atomic E-state index is 0.257. The number of unbranched alkanes of at least 4 members (excludes halogenated alkanes) is 9. The standard InChI is InChI=1S/C14H30O5/c1-2-3-4-5-6-7-8-9-10-11-12-13(15,16)14(17,18)19/h15-19H,2-12H2,1H3. The van der Waals surface area contributed by atoms with Gasteiger partial charge in [-0.2, -0.15) is 0 Å². The van der Waals surface area contributed by atoms with Crippen LogP contribution in [0.2, 0.25) is 0 Å². The van der Waals surface area contributed by atoms with Crippen molar-refractivity contribution < 1.29 is 25.5 Å². The lowest BCUT2D eigenvalue weighted by Crippen LogP contribution is -2.54. The molecule has 0 amide bonds. The molecular weight excluding hydrogens is 248 g/mol. The Labute approximate surface area is 115 Å². The fraction of sp³-hybridized carbons (Fsp3) is 1.00. The van der Waals surface area contributed by atoms with Crippen LogP contribution in [0.3, 0.4) is 0 Å². The van der Waals surface area contributed by atoms with Crippen LogP contribution in [-0.2, 0) is 0 Å². The lowest BCUT2D eigenvalue weighted by Gasteiger charge is -2.29. The van der Waals surface area contributed by atoms with E-state index >= 15 is 0 Å². The number of rotatable bonds is 12. The number of hydrogen-bond acceptors (Lipinski definition) is 5. The average Bonchev–Trinajstić information content (AvgIpc) is 2.30. The van der Waals surface area contributed by atoms with Crippen LogP contribution in [0.5, 0.6) is 0 Å². The van der Waals surface area contributed by atoms with Crippen molar-refractivity contribution >= 4 is 0 Å². The molecule has 0 heterocycles. The first-order chi connectivity index (χ1) is 8.81. The van der Waals surface area contributed by atoms with Gasteiger partial charge in [0.1, 0.15) is 0 Å². The van der Waals surface area contributed by atoms with Gasteiger partial charge in [-0.1, -0.05) is 64.7 Å². The van der Waals surface area contributed by atoms with E-state index in [0.29, 0.717) is 6.42 Å². The van der Waals surface area contributed by atoms with E-state index in [-0.39, 0.29) is 6.42 Å². The van der Waals surface area contributed by atoms with Crippen molar-refractivity contribution in [1.29, 1.82) is 0 Å². The van der Waals surface area contributed by atoms with Crippen molar-refractivity contribution in [2.45, 2.75) is 89.3 Å². The molecule has 0 spiro atoms. The lowest BCUT2D eigenvalue weighted by atomic mass is 10.0. The Balaban J connectivity index is 3.37. The summed E-state index contributed by atoms with van der Waals surface area (Å²) in [5.41, 5.74) is 0. The van der Waals surface area contributed by atoms with E-state index in [1.54, 1.807) is 0 Å². The van der Waals surface area contributed by atoms with Gasteiger partial charge in [0.2, 0.25) is 5.79 Å². The number of hydrogen-bond donors (Lipinski definition) is 5. The number of aliphatic hydroxyl groups is 5. The molecule has 0 atom stereocenters. The zero-order chi connectivity index (χ0) is 14.8. The summed E-state index contributed by atoms with van der Waals surface area (Å²) in [5.74, 6) is -6.31. The van der Waals surface area contributed by atoms with Crippen LogP contribution in [0, 0.1) is 0 Å². The second kappa shape index (κ2) is 9.66. The zero-order valence-electron chi connectivity index (χ0n) is 12.0. The minimum atomic E-state index is -3.45. The van der Waals surface area contributed by atoms with Crippen LogP contribution in [0.15, 0.2) is 0 Å². The predicted octanol–water partition coefficient (Wildman–Crippen LogP) is 1.61. The van der Waals surface area contributed by atoms with Crippen molar-refractivity contribution in [2.75, 3.05) is 0 Å². The maximum atomic E-state index is 9.18. The molecule has 0 fully saturated rings. The Kier molecular flexibility index (Phi) is 9.56. The quantitative estimate of drug-likeness (QED) is 0.276. The molecule has 0 aromatic rings. The van der Waals surface area contributed by atoms with Gasteiger partial charge in [0, 0.05) is 6.42 Å². The highest BCUT2D eigenvalue weighted by Crippen LogP contribution is 2.21. The predicted molar refractivity (Wildman–Crippen MR) is 73.0 cm³/mol. The normalized spacial score (nSPS) is 12.9. The van der Waals surface area contributed by atoms with Crippen LogP contribution in [0.4, 0.5) is 0 Å². The van der Waals surface area contributed by atoms with Crippen LogP contribution >= 0.6 is 0 Å². The summed E-state index contributed by atoms with van der Waals surface area (Å²) in [7, 11) is 0. The Hall–Kier alpha value is -0.200. The summed E-state index contributed by atoms with van der Waals surface area (Å²) in [6.45, 7) is 2.20. The van der Waals surface area contributed by atoms with Crippen molar-refractivity contribution in [2.24, 2.45) is 0 Å². The molecule has 5 nitrogen and oxygen atoms in total. The lowest BCUT2D eigenvalue weighted by molar-refractivity contribution is -0.447. The van der Waals surface area contributed by atoms with Crippen LogP contribution in [0.25, 0.3) is 0 Å². The van der Waals surface area contributed by atoms with Gasteiger partial charge in [-0.05, 0) is 6.42 Å². The molecule has 0 saturated heterocycles. The van der Waals surface area contributed by atoms with Crippen LogP contribution in [-0.4, -0.2) is 37.3 Å². The molecule has 19 heavy (non-hydrogen) atoms. The smallest absolute Gasteiger partial charge is 0.332 e. The molecule has 5 heteroatoms. The van der Waals surface area contributed by atoms with E-state index in [0.717, 1.165) is 19.3 Å². The van der Waals surface area contributed by atoms with Crippen LogP contribution in [0.1, 0.15) is 77.6 Å². The second-order valence-corrected chi connectivity index (χ2v) is 5.38. The molecule has 0 unspecified atom stereocenters. The third-order valence-corrected chi connectivity index (χ3v) is 3.42. The molecule has 0 aromatic heterocycles. The third-order valence-electron chi connectivity index (χ3n) is 3.42. The Bertz CT molecular complexity index is 210. The van der Waals surface area contributed by atoms with Gasteiger partial charge in [0.15, 0.2) is 0 Å². The van der Waals surface area contributed by atoms with E-state index in [2.05, 4.69) is 6.92 Å². The molecule has 0 aliphatic carbocycles. The maximum absolute atomic E-state index is 9.18. The van der Waals surface area contributed by atoms with Gasteiger partial charge in [0.25, 0.3) is 0 Å². The fourth-order valence-electron chi connectivity index (χ4n) is 2.03. The summed E-state index contributed by atoms with van der Waals surface area (Å²) in [6.07, 6.45) is 10.6. The largest absolute Gasteiger partial charge is 0.359 e. The molecule has 0 aliphatic rings. The SMILES string of the molecule is CCCCCCCCCCCCC(O)(O)C(O)(O)O. The second-order valence-electron chi connectivity index (χ2n) is 5.38.